The van der Waals surface area contributed by atoms with Crippen molar-refractivity contribution in [2.75, 3.05) is 13.1 Å². The van der Waals surface area contributed by atoms with Gasteiger partial charge in [-0.05, 0) is 37.6 Å². The molecule has 0 bridgehead atoms. The van der Waals surface area contributed by atoms with Gasteiger partial charge in [0, 0.05) is 13.1 Å². The first kappa shape index (κ1) is 14.8. The smallest absolute Gasteiger partial charge is 0.416 e. The summed E-state index contributed by atoms with van der Waals surface area (Å²) in [4.78, 5) is 13.1. The minimum Gasteiger partial charge on any atom is -0.481 e. The van der Waals surface area contributed by atoms with Crippen molar-refractivity contribution in [1.82, 2.24) is 4.90 Å². The molecule has 3 nitrogen and oxygen atoms in total. The van der Waals surface area contributed by atoms with E-state index in [-0.39, 0.29) is 0 Å². The van der Waals surface area contributed by atoms with E-state index in [9.17, 15) is 18.0 Å². The Hall–Kier alpha value is -1.56. The second-order valence-corrected chi connectivity index (χ2v) is 5.52. The molecule has 1 aliphatic rings. The molecule has 0 saturated carbocycles. The monoisotopic (exact) mass is 287 g/mol. The van der Waals surface area contributed by atoms with E-state index in [0.29, 0.717) is 26.1 Å². The Morgan fingerprint density at radius 3 is 2.40 bits per heavy atom. The van der Waals surface area contributed by atoms with Gasteiger partial charge < -0.3 is 5.11 Å². The summed E-state index contributed by atoms with van der Waals surface area (Å²) in [7, 11) is 0. The summed E-state index contributed by atoms with van der Waals surface area (Å²) >= 11 is 0. The Labute approximate surface area is 115 Å². The maximum atomic E-state index is 12.4. The predicted octanol–water partition coefficient (Wildman–Crippen LogP) is 3.00. The number of halogens is 3. The number of rotatable bonds is 3. The Morgan fingerprint density at radius 1 is 1.35 bits per heavy atom. The van der Waals surface area contributed by atoms with Crippen LogP contribution in [0.5, 0.6) is 0 Å². The van der Waals surface area contributed by atoms with Gasteiger partial charge in [-0.25, -0.2) is 0 Å². The van der Waals surface area contributed by atoms with E-state index >= 15 is 0 Å². The third-order valence-corrected chi connectivity index (χ3v) is 3.76. The summed E-state index contributed by atoms with van der Waals surface area (Å²) in [5.41, 5.74) is -0.669. The molecule has 1 fully saturated rings. The van der Waals surface area contributed by atoms with E-state index in [2.05, 4.69) is 0 Å². The van der Waals surface area contributed by atoms with Gasteiger partial charge in [-0.15, -0.1) is 0 Å². The van der Waals surface area contributed by atoms with Crippen LogP contribution in [0.25, 0.3) is 0 Å². The normalized spacial score (nSPS) is 24.0. The Morgan fingerprint density at radius 2 is 1.95 bits per heavy atom. The zero-order chi connectivity index (χ0) is 15.0. The van der Waals surface area contributed by atoms with E-state index in [1.165, 1.54) is 12.1 Å². The Kier molecular flexibility index (Phi) is 3.77. The fourth-order valence-corrected chi connectivity index (χ4v) is 2.42. The lowest BCUT2D eigenvalue weighted by atomic mass is 9.90. The first-order valence-corrected chi connectivity index (χ1v) is 6.33. The summed E-state index contributed by atoms with van der Waals surface area (Å²) in [5, 5.41) is 9.13. The fourth-order valence-electron chi connectivity index (χ4n) is 2.42. The van der Waals surface area contributed by atoms with Crippen molar-refractivity contribution in [2.24, 2.45) is 5.41 Å². The van der Waals surface area contributed by atoms with Crippen molar-refractivity contribution in [3.8, 4) is 0 Å². The quantitative estimate of drug-likeness (QED) is 0.929. The van der Waals surface area contributed by atoms with E-state index in [1.54, 1.807) is 6.92 Å². The molecule has 0 aromatic heterocycles. The largest absolute Gasteiger partial charge is 0.481 e. The van der Waals surface area contributed by atoms with Gasteiger partial charge in [0.2, 0.25) is 0 Å². The van der Waals surface area contributed by atoms with Crippen LogP contribution in [0.2, 0.25) is 0 Å². The van der Waals surface area contributed by atoms with Crippen LogP contribution in [0, 0.1) is 5.41 Å². The Bertz CT molecular complexity index is 498. The van der Waals surface area contributed by atoms with Gasteiger partial charge in [0.25, 0.3) is 0 Å². The van der Waals surface area contributed by atoms with E-state index in [1.807, 2.05) is 4.90 Å². The summed E-state index contributed by atoms with van der Waals surface area (Å²) in [6, 6.07) is 5.00. The molecule has 1 aliphatic heterocycles. The maximum absolute atomic E-state index is 12.4. The maximum Gasteiger partial charge on any atom is 0.416 e. The standard InChI is InChI=1S/C14H16F3NO2/c1-13(12(19)20)6-7-18(9-13)8-10-2-4-11(5-3-10)14(15,16)17/h2-5H,6-9H2,1H3,(H,19,20). The lowest BCUT2D eigenvalue weighted by Gasteiger charge is -2.20. The highest BCUT2D eigenvalue weighted by molar-refractivity contribution is 5.74. The summed E-state index contributed by atoms with van der Waals surface area (Å²) < 4.78 is 37.3. The molecule has 6 heteroatoms. The third kappa shape index (κ3) is 3.12. The zero-order valence-electron chi connectivity index (χ0n) is 11.1. The summed E-state index contributed by atoms with van der Waals surface area (Å²) in [6.07, 6.45) is -3.77. The topological polar surface area (TPSA) is 40.5 Å². The number of hydrogen-bond acceptors (Lipinski definition) is 2. The van der Waals surface area contributed by atoms with Gasteiger partial charge in [-0.3, -0.25) is 9.69 Å². The molecule has 1 unspecified atom stereocenters. The molecule has 0 aliphatic carbocycles. The van der Waals surface area contributed by atoms with Crippen LogP contribution in [0.15, 0.2) is 24.3 Å². The van der Waals surface area contributed by atoms with Crippen molar-refractivity contribution in [1.29, 1.82) is 0 Å². The van der Waals surface area contributed by atoms with Crippen molar-refractivity contribution >= 4 is 5.97 Å². The third-order valence-electron chi connectivity index (χ3n) is 3.76. The van der Waals surface area contributed by atoms with Crippen LogP contribution in [-0.4, -0.2) is 29.1 Å². The molecule has 0 spiro atoms. The van der Waals surface area contributed by atoms with E-state index < -0.39 is 23.1 Å². The van der Waals surface area contributed by atoms with Crippen LogP contribution in [0.4, 0.5) is 13.2 Å². The molecule has 1 heterocycles. The second-order valence-electron chi connectivity index (χ2n) is 5.52. The molecule has 0 amide bonds. The van der Waals surface area contributed by atoms with E-state index in [0.717, 1.165) is 17.7 Å². The number of alkyl halides is 3. The number of benzene rings is 1. The first-order chi connectivity index (χ1) is 9.21. The highest BCUT2D eigenvalue weighted by Crippen LogP contribution is 2.32. The number of aliphatic carboxylic acids is 1. The van der Waals surface area contributed by atoms with Crippen molar-refractivity contribution in [3.63, 3.8) is 0 Å². The van der Waals surface area contributed by atoms with Gasteiger partial charge in [-0.2, -0.15) is 13.2 Å². The molecule has 2 rings (SSSR count). The molecule has 1 aromatic rings. The van der Waals surface area contributed by atoms with Crippen molar-refractivity contribution in [3.05, 3.63) is 35.4 Å². The van der Waals surface area contributed by atoms with Gasteiger partial charge in [0.05, 0.1) is 11.0 Å². The molecular weight excluding hydrogens is 271 g/mol. The summed E-state index contributed by atoms with van der Waals surface area (Å²) in [6.45, 7) is 3.23. The van der Waals surface area contributed by atoms with Gasteiger partial charge in [0.15, 0.2) is 0 Å². The van der Waals surface area contributed by atoms with Crippen LogP contribution in [-0.2, 0) is 17.5 Å². The highest BCUT2D eigenvalue weighted by atomic mass is 19.4. The van der Waals surface area contributed by atoms with Crippen LogP contribution in [0.3, 0.4) is 0 Å². The average Bonchev–Trinajstić information content (AvgIpc) is 2.72. The minimum atomic E-state index is -4.33. The molecule has 1 atom stereocenters. The van der Waals surface area contributed by atoms with E-state index in [4.69, 9.17) is 5.11 Å². The SMILES string of the molecule is CC1(C(=O)O)CCN(Cc2ccc(C(F)(F)F)cc2)C1. The van der Waals surface area contributed by atoms with Crippen LogP contribution < -0.4 is 0 Å². The lowest BCUT2D eigenvalue weighted by Crippen LogP contribution is -2.31. The molecule has 1 aromatic carbocycles. The predicted molar refractivity (Wildman–Crippen MR) is 67.1 cm³/mol. The second kappa shape index (κ2) is 5.09. The summed E-state index contributed by atoms with van der Waals surface area (Å²) in [5.74, 6) is -0.826. The Balaban J connectivity index is 2.00. The molecule has 0 radical (unpaired) electrons. The number of carboxylic acids is 1. The fraction of sp³-hybridized carbons (Fsp3) is 0.500. The van der Waals surface area contributed by atoms with Gasteiger partial charge in [-0.1, -0.05) is 12.1 Å². The first-order valence-electron chi connectivity index (χ1n) is 6.33. The van der Waals surface area contributed by atoms with Crippen molar-refractivity contribution < 1.29 is 23.1 Å². The number of hydrogen-bond donors (Lipinski definition) is 1. The van der Waals surface area contributed by atoms with Crippen LogP contribution in [0.1, 0.15) is 24.5 Å². The van der Waals surface area contributed by atoms with Crippen LogP contribution >= 0.6 is 0 Å². The number of carboxylic acid groups (broad SMARTS) is 1. The van der Waals surface area contributed by atoms with Crippen molar-refractivity contribution in [2.45, 2.75) is 26.1 Å². The lowest BCUT2D eigenvalue weighted by molar-refractivity contribution is -0.147. The van der Waals surface area contributed by atoms with Gasteiger partial charge in [0.1, 0.15) is 0 Å². The number of carbonyl (C=O) groups is 1. The number of nitrogens with zero attached hydrogens (tertiary/aromatic N) is 1. The molecular formula is C14H16F3NO2. The molecule has 110 valence electrons. The van der Waals surface area contributed by atoms with Gasteiger partial charge >= 0.3 is 12.1 Å². The molecule has 1 N–H and O–H groups in total. The number of likely N-dealkylation sites (tertiary alicyclic amines) is 1. The molecule has 1 saturated heterocycles. The average molecular weight is 287 g/mol. The minimum absolute atomic E-state index is 0.420. The molecule has 20 heavy (non-hydrogen) atoms. The highest BCUT2D eigenvalue weighted by Gasteiger charge is 2.40. The zero-order valence-corrected chi connectivity index (χ0v) is 11.1.